The van der Waals surface area contributed by atoms with Gasteiger partial charge in [0.15, 0.2) is 11.5 Å². The summed E-state index contributed by atoms with van der Waals surface area (Å²) in [6.45, 7) is 5.88. The van der Waals surface area contributed by atoms with E-state index in [-0.39, 0.29) is 82.9 Å². The molecular weight excluding hydrogens is 1700 g/mol. The molecule has 9 rings (SSSR count). The van der Waals surface area contributed by atoms with Gasteiger partial charge in [0.25, 0.3) is 0 Å². The number of phenols is 4. The summed E-state index contributed by atoms with van der Waals surface area (Å²) in [4.78, 5) is 17.2. The minimum absolute atomic E-state index is 0.0750. The molecule has 0 radical (unpaired) electrons. The Hall–Kier alpha value is -2.64. The summed E-state index contributed by atoms with van der Waals surface area (Å²) in [7, 11) is 0. The van der Waals surface area contributed by atoms with Crippen molar-refractivity contribution in [3.63, 3.8) is 0 Å². The van der Waals surface area contributed by atoms with Crippen LogP contribution in [-0.2, 0) is 59.9 Å². The number of aromatic hydroxyl groups is 4. The van der Waals surface area contributed by atoms with Crippen LogP contribution in [0.1, 0.15) is 38.9 Å². The molecule has 0 bridgehead atoms. The molecule has 0 aliphatic rings. The van der Waals surface area contributed by atoms with E-state index in [9.17, 15) is 20.4 Å². The van der Waals surface area contributed by atoms with Crippen LogP contribution in [0.15, 0.2) is 244 Å². The zero-order valence-corrected chi connectivity index (χ0v) is 63.1. The average molecular weight is 1750 g/mol. The maximum atomic E-state index is 10.3. The molecule has 0 spiro atoms. The number of para-hydroxylation sites is 6. The topological polar surface area (TPSA) is 140 Å². The molecule has 9 aromatic rings. The quantitative estimate of drug-likeness (QED) is 0.0798. The molecule has 9 aromatic carbocycles. The van der Waals surface area contributed by atoms with Crippen LogP contribution in [0.5, 0.6) is 34.5 Å². The number of halogens is 8. The van der Waals surface area contributed by atoms with Crippen LogP contribution in [0, 0.1) is 20.8 Å². The summed E-state index contributed by atoms with van der Waals surface area (Å²) >= 11 is 26.0. The number of benzene rings is 9. The van der Waals surface area contributed by atoms with Crippen molar-refractivity contribution in [1.82, 2.24) is 0 Å². The molecule has 0 saturated heterocycles. The summed E-state index contributed by atoms with van der Waals surface area (Å²) in [5.74, 6) is 1.94. The first-order valence-corrected chi connectivity index (χ1v) is 54.8. The van der Waals surface area contributed by atoms with Crippen molar-refractivity contribution in [2.24, 2.45) is 20.0 Å². The predicted molar refractivity (Wildman–Crippen MR) is 359 cm³/mol. The van der Waals surface area contributed by atoms with Crippen LogP contribution in [0.4, 0.5) is 22.7 Å². The Morgan fingerprint density at radius 3 is 1.16 bits per heavy atom. The molecule has 0 heterocycles. The fourth-order valence-electron chi connectivity index (χ4n) is 6.34. The molecule has 0 aliphatic heterocycles. The van der Waals surface area contributed by atoms with Crippen molar-refractivity contribution in [2.75, 3.05) is 0 Å². The molecule has 0 unspecified atom stereocenters. The Labute approximate surface area is 568 Å². The van der Waals surface area contributed by atoms with Crippen molar-refractivity contribution < 1.29 is 85.0 Å². The summed E-state index contributed by atoms with van der Waals surface area (Å²) in [6, 6.07) is 69.7. The minimum atomic E-state index is 0.0750. The van der Waals surface area contributed by atoms with Gasteiger partial charge in [-0.15, -0.1) is 0 Å². The van der Waals surface area contributed by atoms with E-state index in [4.69, 9.17) is 4.74 Å². The van der Waals surface area contributed by atoms with Gasteiger partial charge >= 0.3 is 165 Å². The van der Waals surface area contributed by atoms with E-state index in [0.717, 1.165) is 56.1 Å². The van der Waals surface area contributed by atoms with E-state index in [1.165, 1.54) is 0 Å². The van der Waals surface area contributed by atoms with E-state index in [1.807, 2.05) is 215 Å². The van der Waals surface area contributed by atoms with Crippen molar-refractivity contribution >= 4 is 153 Å². The SMILES string of the molecule is Cc1ccc(C=Nc2ccccc2)c(O)c1.Cc1ccc(O)c(C=Nc2ccccc2)c1.Cc1cccc(O)c1C=Nc1ccccc1.Oc1c(C=Nc2ccccc2)cccc1Oc1ccccc1.[Br][Ti][Br].[Br][Ti][Br].[Br][Ti][Br].[Br][Ti][Br]. The van der Waals surface area contributed by atoms with Gasteiger partial charge in [-0.2, -0.15) is 0 Å². The van der Waals surface area contributed by atoms with Crippen molar-refractivity contribution in [1.29, 1.82) is 0 Å². The van der Waals surface area contributed by atoms with Gasteiger partial charge in [0.1, 0.15) is 23.0 Å². The third kappa shape index (κ3) is 33.9. The van der Waals surface area contributed by atoms with Gasteiger partial charge in [-0.1, -0.05) is 127 Å². The number of aryl methyl sites for hydroxylation is 3. The first-order chi connectivity index (χ1) is 39.8. The number of rotatable bonds is 10. The van der Waals surface area contributed by atoms with Crippen LogP contribution < -0.4 is 4.74 Å². The Morgan fingerprint density at radius 1 is 0.341 bits per heavy atom. The summed E-state index contributed by atoms with van der Waals surface area (Å²) in [6.07, 6.45) is 6.67. The van der Waals surface area contributed by atoms with Gasteiger partial charge in [-0.05, 0) is 135 Å². The van der Waals surface area contributed by atoms with Crippen LogP contribution in [0.3, 0.4) is 0 Å². The standard InChI is InChI=1S/C19H15NO2.3C14H13NO.8BrH.4Ti/c21-19-15(14-20-16-9-3-1-4-10-16)8-7-13-18(19)22-17-11-5-2-6-12-17;1-11-6-5-9-14(16)13(11)10-15-12-7-3-2-4-8-12;1-11-7-8-14(16)12(9-11)10-15-13-5-3-2-4-6-13;1-11-7-8-12(14(16)9-11)10-15-13-5-3-2-4-6-13;;;;;;;;;;;;/h1-14,21H;3*2-10,16H,1H3;8*1H;;;;/q;;;;;;;;;;;;4*+2/p-8. The van der Waals surface area contributed by atoms with Crippen molar-refractivity contribution in [3.05, 3.63) is 263 Å². The Morgan fingerprint density at radius 2 is 0.720 bits per heavy atom. The molecule has 0 atom stereocenters. The van der Waals surface area contributed by atoms with Gasteiger partial charge in [0.2, 0.25) is 0 Å². The summed E-state index contributed by atoms with van der Waals surface area (Å²) in [5, 5.41) is 39.3. The molecule has 82 heavy (non-hydrogen) atoms. The van der Waals surface area contributed by atoms with Gasteiger partial charge in [0.05, 0.1) is 22.7 Å². The van der Waals surface area contributed by atoms with Gasteiger partial charge in [-0.25, -0.2) is 0 Å². The molecule has 0 aliphatic carbocycles. The van der Waals surface area contributed by atoms with Crippen molar-refractivity contribution in [3.8, 4) is 34.5 Å². The number of aliphatic imine (C=N–C) groups is 4. The second kappa shape index (κ2) is 48.5. The van der Waals surface area contributed by atoms with Gasteiger partial charge in [0, 0.05) is 47.1 Å². The molecule has 0 amide bonds. The van der Waals surface area contributed by atoms with E-state index in [1.54, 1.807) is 55.2 Å². The van der Waals surface area contributed by atoms with E-state index >= 15 is 0 Å². The molecule has 420 valence electrons. The van der Waals surface area contributed by atoms with Gasteiger partial charge in [-0.3, -0.25) is 20.0 Å². The fraction of sp³-hybridized carbons (Fsp3) is 0.0492. The van der Waals surface area contributed by atoms with Crippen LogP contribution in [0.2, 0.25) is 0 Å². The number of hydrogen-bond acceptors (Lipinski definition) is 9. The molecule has 4 N–H and O–H groups in total. The predicted octanol–water partition coefficient (Wildman–Crippen LogP) is 22.0. The van der Waals surface area contributed by atoms with Crippen LogP contribution in [0.25, 0.3) is 0 Å². The first kappa shape index (κ1) is 75.5. The second-order valence-corrected chi connectivity index (χ2v) is 47.4. The normalized spacial score (nSPS) is 9.89. The Kier molecular flexibility index (Phi) is 44.6. The van der Waals surface area contributed by atoms with Crippen LogP contribution >= 0.6 is 105 Å². The number of nitrogens with zero attached hydrogens (tertiary/aromatic N) is 4. The molecule has 0 saturated carbocycles. The number of hydrogen-bond donors (Lipinski definition) is 4. The molecule has 0 aromatic heterocycles. The average Bonchev–Trinajstić information content (AvgIpc) is 3.54. The third-order valence-electron chi connectivity index (χ3n) is 10.1. The van der Waals surface area contributed by atoms with Gasteiger partial charge < -0.3 is 25.2 Å². The maximum absolute atomic E-state index is 10.3. The molecular formula is C61H54Br8N4O5Ti4. The molecule has 9 nitrogen and oxygen atoms in total. The number of ether oxygens (including phenoxy) is 1. The molecule has 21 heteroatoms. The number of phenolic OH excluding ortho intramolecular Hbond substituents is 4. The first-order valence-electron chi connectivity index (χ1n) is 23.9. The Balaban J connectivity index is 0.000000352. The summed E-state index contributed by atoms with van der Waals surface area (Å²) < 4.78 is 5.69. The Bertz CT molecular complexity index is 3230. The summed E-state index contributed by atoms with van der Waals surface area (Å²) in [5.41, 5.74) is 9.47. The van der Waals surface area contributed by atoms with Crippen molar-refractivity contribution in [2.45, 2.75) is 20.8 Å². The molecule has 0 fully saturated rings. The van der Waals surface area contributed by atoms with Crippen LogP contribution in [-0.4, -0.2) is 45.3 Å². The fourth-order valence-corrected chi connectivity index (χ4v) is 6.34. The second-order valence-electron chi connectivity index (χ2n) is 15.9. The van der Waals surface area contributed by atoms with E-state index in [0.29, 0.717) is 17.1 Å². The van der Waals surface area contributed by atoms with E-state index < -0.39 is 0 Å². The third-order valence-corrected chi connectivity index (χ3v) is 10.1. The van der Waals surface area contributed by atoms with E-state index in [2.05, 4.69) is 125 Å². The zero-order valence-electron chi connectivity index (χ0n) is 44.2. The monoisotopic (exact) mass is 1750 g/mol. The zero-order chi connectivity index (χ0) is 60.2.